The van der Waals surface area contributed by atoms with E-state index in [0.717, 1.165) is 55.3 Å². The number of hydrogen-bond donors (Lipinski definition) is 0. The largest absolute Gasteiger partial charge is 0.307 e. The lowest BCUT2D eigenvalue weighted by molar-refractivity contribution is 0.0783. The molecule has 0 bridgehead atoms. The fraction of sp³-hybridized carbons (Fsp3) is 0.567. The summed E-state index contributed by atoms with van der Waals surface area (Å²) in [4.78, 5) is 17.1. The third-order valence-corrected chi connectivity index (χ3v) is 7.98. The maximum atomic E-state index is 14.4. The zero-order valence-corrected chi connectivity index (χ0v) is 22.3. The van der Waals surface area contributed by atoms with Gasteiger partial charge in [-0.05, 0) is 75.5 Å². The van der Waals surface area contributed by atoms with Crippen LogP contribution in [-0.4, -0.2) is 42.4 Å². The Morgan fingerprint density at radius 1 is 1.20 bits per heavy atom. The SMILES string of the molecule is CC1CCC1.CCN(C)CCCC1(C)CN(C(=O)c2c(F)cccc2F)C2=C1C=C(C)C(C)C=C2. The number of hydrogen-bond acceptors (Lipinski definition) is 2. The van der Waals surface area contributed by atoms with Crippen LogP contribution < -0.4 is 0 Å². The predicted molar refractivity (Wildman–Crippen MR) is 140 cm³/mol. The first-order valence-corrected chi connectivity index (χ1v) is 13.1. The van der Waals surface area contributed by atoms with E-state index in [2.05, 4.69) is 58.7 Å². The highest BCUT2D eigenvalue weighted by atomic mass is 19.1. The molecule has 35 heavy (non-hydrogen) atoms. The lowest BCUT2D eigenvalue weighted by Crippen LogP contribution is -2.34. The summed E-state index contributed by atoms with van der Waals surface area (Å²) in [6.45, 7) is 13.2. The van der Waals surface area contributed by atoms with E-state index in [1.54, 1.807) is 4.90 Å². The molecule has 1 aromatic rings. The summed E-state index contributed by atoms with van der Waals surface area (Å²) in [5.74, 6) is -0.947. The Balaban J connectivity index is 0.000000607. The highest BCUT2D eigenvalue weighted by Gasteiger charge is 2.43. The summed E-state index contributed by atoms with van der Waals surface area (Å²) in [7, 11) is 2.10. The Morgan fingerprint density at radius 3 is 2.37 bits per heavy atom. The molecule has 1 heterocycles. The standard InChI is InChI=1S/C25H32F2N2O.C5H10/c1-6-28(5)14-8-13-25(4)16-29(22-12-11-17(2)18(3)15-19(22)25)24(30)23-20(26)9-7-10-21(23)27;1-5-3-2-4-5/h7,9-12,15,17H,6,8,13-14,16H2,1-5H3;5H,2-4H2,1H3. The van der Waals surface area contributed by atoms with Gasteiger partial charge in [-0.15, -0.1) is 0 Å². The van der Waals surface area contributed by atoms with Gasteiger partial charge in [0.1, 0.15) is 17.2 Å². The molecule has 0 radical (unpaired) electrons. The second-order valence-electron chi connectivity index (χ2n) is 10.9. The number of halogens is 2. The van der Waals surface area contributed by atoms with Gasteiger partial charge in [-0.1, -0.05) is 70.7 Å². The number of amides is 1. The number of carbonyl (C=O) groups excluding carboxylic acids is 1. The molecule has 1 aliphatic heterocycles. The van der Waals surface area contributed by atoms with Crippen molar-refractivity contribution >= 4 is 5.91 Å². The maximum Gasteiger partial charge on any atom is 0.264 e. The van der Waals surface area contributed by atoms with Crippen LogP contribution in [0.3, 0.4) is 0 Å². The Morgan fingerprint density at radius 2 is 1.83 bits per heavy atom. The van der Waals surface area contributed by atoms with Crippen LogP contribution in [-0.2, 0) is 0 Å². The molecule has 1 fully saturated rings. The van der Waals surface area contributed by atoms with Gasteiger partial charge in [-0.2, -0.15) is 0 Å². The smallest absolute Gasteiger partial charge is 0.264 e. The fourth-order valence-electron chi connectivity index (χ4n) is 4.89. The number of benzene rings is 1. The summed E-state index contributed by atoms with van der Waals surface area (Å²) >= 11 is 0. The fourth-order valence-corrected chi connectivity index (χ4v) is 4.89. The Kier molecular flexibility index (Phi) is 9.09. The summed E-state index contributed by atoms with van der Waals surface area (Å²) in [6, 6.07) is 3.55. The van der Waals surface area contributed by atoms with E-state index in [1.807, 2.05) is 6.08 Å². The summed E-state index contributed by atoms with van der Waals surface area (Å²) in [5, 5.41) is 0. The highest BCUT2D eigenvalue weighted by molar-refractivity contribution is 5.97. The van der Waals surface area contributed by atoms with Crippen molar-refractivity contribution in [3.63, 3.8) is 0 Å². The van der Waals surface area contributed by atoms with Gasteiger partial charge >= 0.3 is 0 Å². The molecular formula is C30H42F2N2O. The molecule has 1 aromatic carbocycles. The van der Waals surface area contributed by atoms with Crippen molar-refractivity contribution in [3.8, 4) is 0 Å². The van der Waals surface area contributed by atoms with Gasteiger partial charge in [-0.25, -0.2) is 8.78 Å². The molecule has 2 atom stereocenters. The van der Waals surface area contributed by atoms with Crippen LogP contribution in [0.2, 0.25) is 0 Å². The first kappa shape index (κ1) is 27.3. The molecule has 0 aromatic heterocycles. The number of allylic oxidation sites excluding steroid dienone is 4. The van der Waals surface area contributed by atoms with Gasteiger partial charge in [-0.3, -0.25) is 4.79 Å². The molecule has 5 heteroatoms. The summed E-state index contributed by atoms with van der Waals surface area (Å²) in [5.41, 5.74) is 2.32. The lowest BCUT2D eigenvalue weighted by Gasteiger charge is -2.29. The van der Waals surface area contributed by atoms with Gasteiger partial charge in [0.2, 0.25) is 0 Å². The Hall–Kier alpha value is -2.27. The molecule has 3 nitrogen and oxygen atoms in total. The average molecular weight is 485 g/mol. The van der Waals surface area contributed by atoms with Crippen LogP contribution >= 0.6 is 0 Å². The Bertz CT molecular complexity index is 987. The van der Waals surface area contributed by atoms with Gasteiger partial charge in [0.15, 0.2) is 0 Å². The second-order valence-corrected chi connectivity index (χ2v) is 10.9. The van der Waals surface area contributed by atoms with Crippen molar-refractivity contribution in [1.29, 1.82) is 0 Å². The second kappa shape index (κ2) is 11.6. The molecule has 1 amide bonds. The minimum absolute atomic E-state index is 0.244. The highest BCUT2D eigenvalue weighted by Crippen LogP contribution is 2.46. The van der Waals surface area contributed by atoms with Crippen LogP contribution in [0.1, 0.15) is 77.1 Å². The van der Waals surface area contributed by atoms with E-state index in [-0.39, 0.29) is 11.3 Å². The maximum absolute atomic E-state index is 14.4. The lowest BCUT2D eigenvalue weighted by atomic mass is 9.78. The zero-order chi connectivity index (χ0) is 25.8. The molecule has 0 saturated heterocycles. The van der Waals surface area contributed by atoms with Crippen molar-refractivity contribution in [2.75, 3.05) is 26.7 Å². The minimum atomic E-state index is -0.821. The molecule has 0 spiro atoms. The number of carbonyl (C=O) groups is 1. The Labute approximate surface area is 210 Å². The van der Waals surface area contributed by atoms with E-state index < -0.39 is 23.1 Å². The normalized spacial score (nSPS) is 24.0. The minimum Gasteiger partial charge on any atom is -0.307 e. The molecule has 3 aliphatic rings. The van der Waals surface area contributed by atoms with Crippen molar-refractivity contribution in [3.05, 3.63) is 70.5 Å². The first-order valence-electron chi connectivity index (χ1n) is 13.1. The van der Waals surface area contributed by atoms with Crippen LogP contribution in [0.25, 0.3) is 0 Å². The van der Waals surface area contributed by atoms with E-state index in [1.165, 1.54) is 30.9 Å². The average Bonchev–Trinajstić information content (AvgIpc) is 2.97. The number of rotatable bonds is 6. The molecule has 1 saturated carbocycles. The molecule has 192 valence electrons. The van der Waals surface area contributed by atoms with Crippen LogP contribution in [0, 0.1) is 28.9 Å². The van der Waals surface area contributed by atoms with E-state index in [9.17, 15) is 13.6 Å². The number of nitrogens with zero attached hydrogens (tertiary/aromatic N) is 2. The van der Waals surface area contributed by atoms with Gasteiger partial charge in [0.25, 0.3) is 5.91 Å². The summed E-state index contributed by atoms with van der Waals surface area (Å²) in [6.07, 6.45) is 12.5. The predicted octanol–water partition coefficient (Wildman–Crippen LogP) is 7.37. The quantitative estimate of drug-likeness (QED) is 0.421. The van der Waals surface area contributed by atoms with Crippen molar-refractivity contribution in [1.82, 2.24) is 9.80 Å². The topological polar surface area (TPSA) is 23.6 Å². The van der Waals surface area contributed by atoms with E-state index in [4.69, 9.17) is 0 Å². The zero-order valence-electron chi connectivity index (χ0n) is 22.3. The first-order chi connectivity index (χ1) is 16.6. The van der Waals surface area contributed by atoms with E-state index >= 15 is 0 Å². The molecule has 2 unspecified atom stereocenters. The molecule has 4 rings (SSSR count). The van der Waals surface area contributed by atoms with Crippen LogP contribution in [0.15, 0.2) is 53.3 Å². The van der Waals surface area contributed by atoms with Gasteiger partial charge in [0.05, 0.1) is 0 Å². The molecular weight excluding hydrogens is 442 g/mol. The van der Waals surface area contributed by atoms with E-state index in [0.29, 0.717) is 6.54 Å². The van der Waals surface area contributed by atoms with Crippen molar-refractivity contribution in [2.24, 2.45) is 17.3 Å². The van der Waals surface area contributed by atoms with Crippen molar-refractivity contribution in [2.45, 2.75) is 66.7 Å². The van der Waals surface area contributed by atoms with Crippen LogP contribution in [0.4, 0.5) is 8.78 Å². The third-order valence-electron chi connectivity index (χ3n) is 7.98. The van der Waals surface area contributed by atoms with Crippen molar-refractivity contribution < 1.29 is 13.6 Å². The van der Waals surface area contributed by atoms with Crippen LogP contribution in [0.5, 0.6) is 0 Å². The molecule has 0 N–H and O–H groups in total. The summed E-state index contributed by atoms with van der Waals surface area (Å²) < 4.78 is 28.7. The van der Waals surface area contributed by atoms with Gasteiger partial charge in [0, 0.05) is 17.7 Å². The third kappa shape index (κ3) is 6.30. The molecule has 2 aliphatic carbocycles. The monoisotopic (exact) mass is 484 g/mol. The van der Waals surface area contributed by atoms with Gasteiger partial charge < -0.3 is 9.80 Å².